The first-order valence-electron chi connectivity index (χ1n) is 4.86. The van der Waals surface area contributed by atoms with Crippen molar-refractivity contribution in [2.45, 2.75) is 45.8 Å². The van der Waals surface area contributed by atoms with Gasteiger partial charge in [0.1, 0.15) is 6.10 Å². The summed E-state index contributed by atoms with van der Waals surface area (Å²) < 4.78 is 5.15. The van der Waals surface area contributed by atoms with Gasteiger partial charge in [0.2, 0.25) is 0 Å². The monoisotopic (exact) mass is 186 g/mol. The molecule has 0 radical (unpaired) electrons. The average molecular weight is 186 g/mol. The van der Waals surface area contributed by atoms with Gasteiger partial charge in [0.05, 0.1) is 6.10 Å². The minimum absolute atomic E-state index is 0.0695. The lowest BCUT2D eigenvalue weighted by molar-refractivity contribution is -0.155. The highest BCUT2D eigenvalue weighted by atomic mass is 16.5. The molecule has 3 heteroatoms. The molecule has 13 heavy (non-hydrogen) atoms. The molecule has 1 aliphatic carbocycles. The average Bonchev–Trinajstić information content (AvgIpc) is 1.98. The highest BCUT2D eigenvalue weighted by Crippen LogP contribution is 2.30. The molecule has 0 amide bonds. The van der Waals surface area contributed by atoms with Crippen molar-refractivity contribution in [3.8, 4) is 0 Å². The van der Waals surface area contributed by atoms with E-state index in [0.29, 0.717) is 5.92 Å². The third-order valence-corrected chi connectivity index (χ3v) is 2.79. The fraction of sp³-hybridized carbons (Fsp3) is 0.900. The van der Waals surface area contributed by atoms with Gasteiger partial charge in [-0.1, -0.05) is 13.8 Å². The Balaban J connectivity index is 2.55. The molecule has 1 saturated carbocycles. The third-order valence-electron chi connectivity index (χ3n) is 2.79. The molecule has 76 valence electrons. The molecular formula is C10H18O3. The van der Waals surface area contributed by atoms with E-state index < -0.39 is 0 Å². The van der Waals surface area contributed by atoms with Crippen LogP contribution in [0, 0.1) is 11.8 Å². The minimum Gasteiger partial charge on any atom is -0.462 e. The van der Waals surface area contributed by atoms with Crippen molar-refractivity contribution in [3.05, 3.63) is 0 Å². The summed E-state index contributed by atoms with van der Waals surface area (Å²) in [7, 11) is 0. The first-order chi connectivity index (χ1) is 6.00. The van der Waals surface area contributed by atoms with Crippen molar-refractivity contribution >= 4 is 5.97 Å². The van der Waals surface area contributed by atoms with E-state index in [4.69, 9.17) is 4.74 Å². The number of carbonyl (C=O) groups excluding carboxylic acids is 1. The molecule has 0 heterocycles. The summed E-state index contributed by atoms with van der Waals surface area (Å²) in [5.41, 5.74) is 0. The van der Waals surface area contributed by atoms with Gasteiger partial charge >= 0.3 is 5.97 Å². The predicted molar refractivity (Wildman–Crippen MR) is 49.1 cm³/mol. The van der Waals surface area contributed by atoms with Gasteiger partial charge in [0, 0.05) is 12.8 Å². The van der Waals surface area contributed by atoms with Crippen LogP contribution in [0.25, 0.3) is 0 Å². The van der Waals surface area contributed by atoms with Gasteiger partial charge in [0.25, 0.3) is 0 Å². The Morgan fingerprint density at radius 2 is 2.00 bits per heavy atom. The first kappa shape index (κ1) is 10.5. The summed E-state index contributed by atoms with van der Waals surface area (Å²) in [6.07, 6.45) is 1.26. The number of ether oxygens (including phenoxy) is 1. The van der Waals surface area contributed by atoms with E-state index in [1.54, 1.807) is 0 Å². The third kappa shape index (κ3) is 2.69. The molecule has 0 spiro atoms. The summed E-state index contributed by atoms with van der Waals surface area (Å²) in [5.74, 6) is 0.258. The predicted octanol–water partition coefficient (Wildman–Crippen LogP) is 1.34. The number of esters is 1. The standard InChI is InChI=1S/C10H18O3/c1-6-4-9(12)7(2)10(5-6)13-8(3)11/h6-7,9-10,12H,4-5H2,1-3H3/t6?,7-,9?,10+/m0/s1. The number of aliphatic hydroxyl groups excluding tert-OH is 1. The van der Waals surface area contributed by atoms with Crippen LogP contribution in [0.4, 0.5) is 0 Å². The smallest absolute Gasteiger partial charge is 0.302 e. The van der Waals surface area contributed by atoms with E-state index in [2.05, 4.69) is 6.92 Å². The topological polar surface area (TPSA) is 46.5 Å². The molecule has 0 aliphatic heterocycles. The molecular weight excluding hydrogens is 168 g/mol. The van der Waals surface area contributed by atoms with Gasteiger partial charge < -0.3 is 9.84 Å². The Labute approximate surface area is 79.1 Å². The van der Waals surface area contributed by atoms with Gasteiger partial charge in [-0.25, -0.2) is 0 Å². The van der Waals surface area contributed by atoms with Crippen molar-refractivity contribution in [3.63, 3.8) is 0 Å². The first-order valence-corrected chi connectivity index (χ1v) is 4.86. The summed E-state index contributed by atoms with van der Waals surface area (Å²) in [6.45, 7) is 5.42. The molecule has 3 nitrogen and oxygen atoms in total. The molecule has 0 aromatic carbocycles. The second kappa shape index (κ2) is 4.09. The van der Waals surface area contributed by atoms with Gasteiger partial charge in [0.15, 0.2) is 0 Å². The van der Waals surface area contributed by atoms with Crippen LogP contribution >= 0.6 is 0 Å². The maximum atomic E-state index is 10.8. The lowest BCUT2D eigenvalue weighted by Crippen LogP contribution is -2.39. The van der Waals surface area contributed by atoms with E-state index in [9.17, 15) is 9.90 Å². The lowest BCUT2D eigenvalue weighted by atomic mass is 9.79. The maximum Gasteiger partial charge on any atom is 0.302 e. The van der Waals surface area contributed by atoms with Crippen molar-refractivity contribution in [1.29, 1.82) is 0 Å². The van der Waals surface area contributed by atoms with Crippen LogP contribution in [-0.2, 0) is 9.53 Å². The normalized spacial score (nSPS) is 40.0. The van der Waals surface area contributed by atoms with Crippen LogP contribution in [0.3, 0.4) is 0 Å². The van der Waals surface area contributed by atoms with Crippen molar-refractivity contribution in [2.75, 3.05) is 0 Å². The van der Waals surface area contributed by atoms with Crippen LogP contribution in [-0.4, -0.2) is 23.3 Å². The molecule has 1 fully saturated rings. The second-order valence-electron chi connectivity index (χ2n) is 4.15. The quantitative estimate of drug-likeness (QED) is 0.629. The van der Waals surface area contributed by atoms with Crippen LogP contribution in [0.2, 0.25) is 0 Å². The number of rotatable bonds is 1. The summed E-state index contributed by atoms with van der Waals surface area (Å²) in [5, 5.41) is 9.64. The number of carbonyl (C=O) groups is 1. The van der Waals surface area contributed by atoms with Gasteiger partial charge in [-0.2, -0.15) is 0 Å². The summed E-state index contributed by atoms with van der Waals surface area (Å²) in [4.78, 5) is 10.8. The van der Waals surface area contributed by atoms with Crippen LogP contribution in [0.5, 0.6) is 0 Å². The lowest BCUT2D eigenvalue weighted by Gasteiger charge is -2.35. The number of hydrogen-bond donors (Lipinski definition) is 1. The number of aliphatic hydroxyl groups is 1. The number of hydrogen-bond acceptors (Lipinski definition) is 3. The molecule has 4 atom stereocenters. The highest BCUT2D eigenvalue weighted by molar-refractivity contribution is 5.66. The van der Waals surface area contributed by atoms with Crippen LogP contribution in [0.1, 0.15) is 33.6 Å². The Kier molecular flexibility index (Phi) is 3.31. The molecule has 0 saturated heterocycles. The van der Waals surface area contributed by atoms with E-state index >= 15 is 0 Å². The molecule has 0 aromatic heterocycles. The van der Waals surface area contributed by atoms with Crippen LogP contribution < -0.4 is 0 Å². The fourth-order valence-electron chi connectivity index (χ4n) is 1.95. The maximum absolute atomic E-state index is 10.8. The van der Waals surface area contributed by atoms with Gasteiger partial charge in [-0.3, -0.25) is 4.79 Å². The molecule has 1 aliphatic rings. The van der Waals surface area contributed by atoms with E-state index in [0.717, 1.165) is 12.8 Å². The zero-order valence-corrected chi connectivity index (χ0v) is 8.49. The largest absolute Gasteiger partial charge is 0.462 e. The zero-order valence-electron chi connectivity index (χ0n) is 8.49. The molecule has 1 rings (SSSR count). The van der Waals surface area contributed by atoms with Gasteiger partial charge in [-0.15, -0.1) is 0 Å². The summed E-state index contributed by atoms with van der Waals surface area (Å²) in [6, 6.07) is 0. The Bertz CT molecular complexity index is 191. The minimum atomic E-state index is -0.326. The van der Waals surface area contributed by atoms with Gasteiger partial charge in [-0.05, 0) is 18.8 Å². The molecule has 0 aromatic rings. The summed E-state index contributed by atoms with van der Waals surface area (Å²) >= 11 is 0. The van der Waals surface area contributed by atoms with Crippen molar-refractivity contribution in [2.24, 2.45) is 11.8 Å². The molecule has 0 bridgehead atoms. The van der Waals surface area contributed by atoms with Crippen LogP contribution in [0.15, 0.2) is 0 Å². The fourth-order valence-corrected chi connectivity index (χ4v) is 1.95. The van der Waals surface area contributed by atoms with Crippen molar-refractivity contribution in [1.82, 2.24) is 0 Å². The van der Waals surface area contributed by atoms with E-state index in [-0.39, 0.29) is 24.1 Å². The second-order valence-corrected chi connectivity index (χ2v) is 4.15. The van der Waals surface area contributed by atoms with Crippen molar-refractivity contribution < 1.29 is 14.6 Å². The van der Waals surface area contributed by atoms with E-state index in [1.165, 1.54) is 6.92 Å². The SMILES string of the molecule is CC(=O)O[C@@H]1CC(C)CC(O)[C@@H]1C. The Morgan fingerprint density at radius 3 is 2.54 bits per heavy atom. The molecule has 1 N–H and O–H groups in total. The Hall–Kier alpha value is -0.570. The highest BCUT2D eigenvalue weighted by Gasteiger charge is 2.34. The van der Waals surface area contributed by atoms with E-state index in [1.807, 2.05) is 6.92 Å². The molecule has 2 unspecified atom stereocenters. The Morgan fingerprint density at radius 1 is 1.38 bits per heavy atom. The zero-order chi connectivity index (χ0) is 10.0.